The van der Waals surface area contributed by atoms with E-state index in [0.717, 1.165) is 51.6 Å². The van der Waals surface area contributed by atoms with Gasteiger partial charge in [-0.05, 0) is 32.7 Å². The molecule has 1 saturated heterocycles. The fraction of sp³-hybridized carbons (Fsp3) is 0.857. The maximum absolute atomic E-state index is 12.2. The van der Waals surface area contributed by atoms with Crippen LogP contribution in [-0.2, 0) is 4.79 Å². The van der Waals surface area contributed by atoms with E-state index < -0.39 is 5.54 Å². The second-order valence-corrected chi connectivity index (χ2v) is 5.82. The van der Waals surface area contributed by atoms with Gasteiger partial charge >= 0.3 is 0 Å². The first-order chi connectivity index (χ1) is 8.65. The van der Waals surface area contributed by atoms with Crippen LogP contribution in [0.4, 0.5) is 0 Å². The lowest BCUT2D eigenvalue weighted by molar-refractivity contribution is -0.127. The maximum Gasteiger partial charge on any atom is 0.224 e. The van der Waals surface area contributed by atoms with E-state index in [9.17, 15) is 10.1 Å². The summed E-state index contributed by atoms with van der Waals surface area (Å²) in [6, 6.07) is 2.35. The first-order valence-electron chi connectivity index (χ1n) is 7.07. The predicted molar refractivity (Wildman–Crippen MR) is 69.8 cm³/mol. The van der Waals surface area contributed by atoms with Crippen LogP contribution in [0.1, 0.15) is 44.9 Å². The lowest BCUT2D eigenvalue weighted by Gasteiger charge is -2.37. The Morgan fingerprint density at radius 3 is 2.44 bits per heavy atom. The van der Waals surface area contributed by atoms with Gasteiger partial charge in [0.05, 0.1) is 6.07 Å². The van der Waals surface area contributed by atoms with Gasteiger partial charge in [-0.15, -0.1) is 0 Å². The molecule has 100 valence electrons. The van der Waals surface area contributed by atoms with E-state index in [1.807, 2.05) is 0 Å². The number of carbonyl (C=O) groups excluding carboxylic acids is 1. The highest BCUT2D eigenvalue weighted by atomic mass is 16.2. The van der Waals surface area contributed by atoms with Gasteiger partial charge in [-0.2, -0.15) is 5.26 Å². The minimum Gasteiger partial charge on any atom is -0.337 e. The molecule has 0 aromatic carbocycles. The zero-order valence-electron chi connectivity index (χ0n) is 11.2. The van der Waals surface area contributed by atoms with Crippen molar-refractivity contribution in [1.29, 1.82) is 5.26 Å². The van der Waals surface area contributed by atoms with Crippen LogP contribution in [0.5, 0.6) is 0 Å². The second kappa shape index (κ2) is 5.71. The van der Waals surface area contributed by atoms with Gasteiger partial charge in [-0.1, -0.05) is 19.3 Å². The Labute approximate surface area is 109 Å². The topological polar surface area (TPSA) is 56.1 Å². The van der Waals surface area contributed by atoms with Crippen LogP contribution in [0.2, 0.25) is 0 Å². The van der Waals surface area contributed by atoms with Gasteiger partial charge in [-0.3, -0.25) is 4.79 Å². The van der Waals surface area contributed by atoms with Crippen molar-refractivity contribution >= 4 is 5.91 Å². The number of hydrogen-bond donors (Lipinski definition) is 1. The van der Waals surface area contributed by atoms with Crippen LogP contribution in [0.25, 0.3) is 0 Å². The van der Waals surface area contributed by atoms with Gasteiger partial charge in [0.2, 0.25) is 5.91 Å². The third-order valence-corrected chi connectivity index (χ3v) is 4.39. The van der Waals surface area contributed by atoms with Crippen molar-refractivity contribution in [2.24, 2.45) is 5.92 Å². The smallest absolute Gasteiger partial charge is 0.224 e. The second-order valence-electron chi connectivity index (χ2n) is 5.82. The van der Waals surface area contributed by atoms with Gasteiger partial charge < -0.3 is 10.2 Å². The number of piperidine rings is 1. The van der Waals surface area contributed by atoms with Crippen molar-refractivity contribution in [3.63, 3.8) is 0 Å². The van der Waals surface area contributed by atoms with Gasteiger partial charge in [0, 0.05) is 19.0 Å². The number of carbonyl (C=O) groups is 1. The molecule has 0 unspecified atom stereocenters. The largest absolute Gasteiger partial charge is 0.337 e. The van der Waals surface area contributed by atoms with Crippen molar-refractivity contribution < 1.29 is 4.79 Å². The zero-order chi connectivity index (χ0) is 13.0. The summed E-state index contributed by atoms with van der Waals surface area (Å²) in [6.45, 7) is 1.77. The molecular formula is C14H23N3O. The highest BCUT2D eigenvalue weighted by molar-refractivity contribution is 5.80. The van der Waals surface area contributed by atoms with Crippen molar-refractivity contribution in [1.82, 2.24) is 10.2 Å². The number of likely N-dealkylation sites (tertiary alicyclic amines) is 1. The minimum absolute atomic E-state index is 0.112. The molecule has 4 nitrogen and oxygen atoms in total. The summed E-state index contributed by atoms with van der Waals surface area (Å²) in [6.07, 6.45) is 7.04. The molecule has 0 aromatic heterocycles. The number of nitrogens with one attached hydrogen (secondary N) is 1. The fourth-order valence-electron chi connectivity index (χ4n) is 2.97. The van der Waals surface area contributed by atoms with Crippen molar-refractivity contribution in [3.8, 4) is 6.07 Å². The molecule has 1 heterocycles. The Balaban J connectivity index is 1.93. The van der Waals surface area contributed by atoms with Crippen LogP contribution in [0.15, 0.2) is 0 Å². The molecule has 2 aliphatic rings. The molecule has 2 fully saturated rings. The van der Waals surface area contributed by atoms with Crippen LogP contribution >= 0.6 is 0 Å². The molecule has 1 N–H and O–H groups in total. The zero-order valence-corrected chi connectivity index (χ0v) is 11.2. The number of nitriles is 1. The third-order valence-electron chi connectivity index (χ3n) is 4.39. The molecule has 0 bridgehead atoms. The normalized spacial score (nSPS) is 25.3. The molecular weight excluding hydrogens is 226 g/mol. The SMILES string of the molecule is CN1CCC(C#N)(NC(=O)C2CCCCC2)CC1. The van der Waals surface area contributed by atoms with Gasteiger partial charge in [-0.25, -0.2) is 0 Å². The van der Waals surface area contributed by atoms with E-state index in [4.69, 9.17) is 0 Å². The average Bonchev–Trinajstić information content (AvgIpc) is 2.43. The highest BCUT2D eigenvalue weighted by Crippen LogP contribution is 2.26. The van der Waals surface area contributed by atoms with Crippen LogP contribution in [0.3, 0.4) is 0 Å². The van der Waals surface area contributed by atoms with E-state index in [-0.39, 0.29) is 11.8 Å². The summed E-state index contributed by atoms with van der Waals surface area (Å²) in [4.78, 5) is 14.4. The summed E-state index contributed by atoms with van der Waals surface area (Å²) < 4.78 is 0. The number of nitrogens with zero attached hydrogens (tertiary/aromatic N) is 2. The van der Waals surface area contributed by atoms with E-state index in [1.54, 1.807) is 0 Å². The number of hydrogen-bond acceptors (Lipinski definition) is 3. The lowest BCUT2D eigenvalue weighted by atomic mass is 9.85. The number of rotatable bonds is 2. The van der Waals surface area contributed by atoms with Gasteiger partial charge in [0.15, 0.2) is 0 Å². The van der Waals surface area contributed by atoms with Crippen molar-refractivity contribution in [2.75, 3.05) is 20.1 Å². The summed E-state index contributed by atoms with van der Waals surface area (Å²) in [5.74, 6) is 0.254. The van der Waals surface area contributed by atoms with Crippen LogP contribution in [-0.4, -0.2) is 36.5 Å². The Kier molecular flexibility index (Phi) is 4.23. The Morgan fingerprint density at radius 1 is 1.28 bits per heavy atom. The van der Waals surface area contributed by atoms with Crippen LogP contribution < -0.4 is 5.32 Å². The predicted octanol–water partition coefficient (Wildman–Crippen LogP) is 1.67. The summed E-state index contributed by atoms with van der Waals surface area (Å²) in [5.41, 5.74) is -0.610. The van der Waals surface area contributed by atoms with E-state index in [0.29, 0.717) is 0 Å². The number of amides is 1. The molecule has 18 heavy (non-hydrogen) atoms. The molecule has 1 aliphatic heterocycles. The molecule has 1 saturated carbocycles. The van der Waals surface area contributed by atoms with Gasteiger partial charge in [0.25, 0.3) is 0 Å². The maximum atomic E-state index is 12.2. The molecule has 1 aliphatic carbocycles. The molecule has 0 radical (unpaired) electrons. The summed E-state index contributed by atoms with van der Waals surface area (Å²) >= 11 is 0. The molecule has 0 spiro atoms. The standard InChI is InChI=1S/C14H23N3O/c1-17-9-7-14(11-15,8-10-17)16-13(18)12-5-3-2-4-6-12/h12H,2-10H2,1H3,(H,16,18). The van der Waals surface area contributed by atoms with Crippen LogP contribution in [0, 0.1) is 17.2 Å². The Bertz CT molecular complexity index is 333. The highest BCUT2D eigenvalue weighted by Gasteiger charge is 2.36. The molecule has 0 aromatic rings. The summed E-state index contributed by atoms with van der Waals surface area (Å²) in [7, 11) is 2.06. The first-order valence-corrected chi connectivity index (χ1v) is 7.07. The Morgan fingerprint density at radius 2 is 1.89 bits per heavy atom. The van der Waals surface area contributed by atoms with E-state index >= 15 is 0 Å². The average molecular weight is 249 g/mol. The van der Waals surface area contributed by atoms with Gasteiger partial charge in [0.1, 0.15) is 5.54 Å². The molecule has 1 amide bonds. The third kappa shape index (κ3) is 3.02. The monoisotopic (exact) mass is 249 g/mol. The Hall–Kier alpha value is -1.08. The lowest BCUT2D eigenvalue weighted by Crippen LogP contribution is -2.55. The van der Waals surface area contributed by atoms with Crippen molar-refractivity contribution in [3.05, 3.63) is 0 Å². The van der Waals surface area contributed by atoms with E-state index in [1.165, 1.54) is 6.42 Å². The first kappa shape index (κ1) is 13.4. The fourth-order valence-corrected chi connectivity index (χ4v) is 2.97. The molecule has 2 rings (SSSR count). The van der Waals surface area contributed by atoms with Crippen molar-refractivity contribution in [2.45, 2.75) is 50.5 Å². The molecule has 4 heteroatoms. The quantitative estimate of drug-likeness (QED) is 0.810. The minimum atomic E-state index is -0.610. The summed E-state index contributed by atoms with van der Waals surface area (Å²) in [5, 5.41) is 12.4. The van der Waals surface area contributed by atoms with E-state index in [2.05, 4.69) is 23.3 Å². The molecule has 0 atom stereocenters.